The van der Waals surface area contributed by atoms with Crippen LogP contribution >= 0.6 is 0 Å². The maximum absolute atomic E-state index is 11.1. The maximum atomic E-state index is 11.1. The lowest BCUT2D eigenvalue weighted by Crippen LogP contribution is -2.17. The van der Waals surface area contributed by atoms with Crippen molar-refractivity contribution in [1.82, 2.24) is 15.2 Å². The lowest BCUT2D eigenvalue weighted by Gasteiger charge is -2.27. The Hall–Kier alpha value is -2.04. The van der Waals surface area contributed by atoms with Crippen LogP contribution in [0.3, 0.4) is 0 Å². The molecule has 0 saturated heterocycles. The summed E-state index contributed by atoms with van der Waals surface area (Å²) in [5.41, 5.74) is 2.16. The van der Waals surface area contributed by atoms with E-state index in [4.69, 9.17) is 4.74 Å². The number of aromatic nitrogens is 3. The zero-order valence-electron chi connectivity index (χ0n) is 14.2. The highest BCUT2D eigenvalue weighted by molar-refractivity contribution is 5.43. The van der Waals surface area contributed by atoms with Crippen molar-refractivity contribution in [1.29, 1.82) is 0 Å². The van der Waals surface area contributed by atoms with Gasteiger partial charge in [-0.1, -0.05) is 53.7 Å². The molecule has 0 saturated carbocycles. The van der Waals surface area contributed by atoms with Crippen LogP contribution in [0.25, 0.3) is 0 Å². The largest absolute Gasteiger partial charge is 0.485 e. The summed E-state index contributed by atoms with van der Waals surface area (Å²) in [5.74, 6) is 1.31. The normalized spacial score (nSPS) is 12.5. The average molecular weight is 303 g/mol. The van der Waals surface area contributed by atoms with Gasteiger partial charge in [0.05, 0.1) is 0 Å². The Balaban J connectivity index is 2.32. The number of hydrogen-bond donors (Lipinski definition) is 2. The summed E-state index contributed by atoms with van der Waals surface area (Å²) in [5, 5.41) is 6.20. The van der Waals surface area contributed by atoms with Crippen molar-refractivity contribution in [2.24, 2.45) is 0 Å². The topological polar surface area (TPSA) is 70.8 Å². The van der Waals surface area contributed by atoms with E-state index in [1.54, 1.807) is 0 Å². The van der Waals surface area contributed by atoms with Gasteiger partial charge in [-0.15, -0.1) is 0 Å². The monoisotopic (exact) mass is 303 g/mol. The molecule has 2 rings (SSSR count). The Morgan fingerprint density at radius 2 is 1.77 bits per heavy atom. The minimum atomic E-state index is -0.322. The Labute approximate surface area is 131 Å². The van der Waals surface area contributed by atoms with Crippen molar-refractivity contribution in [3.05, 3.63) is 45.6 Å². The quantitative estimate of drug-likeness (QED) is 0.914. The highest BCUT2D eigenvalue weighted by Crippen LogP contribution is 2.35. The predicted octanol–water partition coefficient (Wildman–Crippen LogP) is 3.27. The molecule has 0 unspecified atom stereocenters. The third-order valence-corrected chi connectivity index (χ3v) is 3.57. The zero-order chi connectivity index (χ0) is 16.5. The van der Waals surface area contributed by atoms with Crippen molar-refractivity contribution in [3.8, 4) is 5.75 Å². The van der Waals surface area contributed by atoms with Gasteiger partial charge in [0.2, 0.25) is 0 Å². The fourth-order valence-corrected chi connectivity index (χ4v) is 2.23. The molecule has 5 nitrogen and oxygen atoms in total. The molecule has 1 aromatic carbocycles. The van der Waals surface area contributed by atoms with E-state index in [2.05, 4.69) is 68.9 Å². The van der Waals surface area contributed by atoms with Gasteiger partial charge in [-0.05, 0) is 28.0 Å². The standard InChI is InChI=1S/C17H25N3O2/c1-16(2,3)11-7-8-13(12(9-11)17(4,5)6)22-10-14-18-15(21)20-19-14/h7-9H,10H2,1-6H3,(H2,18,19,20,21). The first kappa shape index (κ1) is 16.3. The molecule has 5 heteroatoms. The molecule has 120 valence electrons. The van der Waals surface area contributed by atoms with Crippen LogP contribution in [0.2, 0.25) is 0 Å². The van der Waals surface area contributed by atoms with Crippen molar-refractivity contribution in [3.63, 3.8) is 0 Å². The lowest BCUT2D eigenvalue weighted by atomic mass is 9.80. The van der Waals surface area contributed by atoms with Crippen LogP contribution in [0, 0.1) is 0 Å². The summed E-state index contributed by atoms with van der Waals surface area (Å²) in [4.78, 5) is 13.6. The molecule has 0 atom stereocenters. The fraction of sp³-hybridized carbons (Fsp3) is 0.529. The molecule has 0 amide bonds. The van der Waals surface area contributed by atoms with E-state index in [-0.39, 0.29) is 23.1 Å². The molecular weight excluding hydrogens is 278 g/mol. The Bertz CT molecular complexity index is 700. The van der Waals surface area contributed by atoms with Gasteiger partial charge in [-0.3, -0.25) is 4.98 Å². The Morgan fingerprint density at radius 1 is 1.09 bits per heavy atom. The number of hydrogen-bond acceptors (Lipinski definition) is 3. The third kappa shape index (κ3) is 3.78. The number of nitrogens with zero attached hydrogens (tertiary/aromatic N) is 1. The molecular formula is C17H25N3O2. The van der Waals surface area contributed by atoms with Gasteiger partial charge in [0, 0.05) is 0 Å². The molecule has 0 aliphatic carbocycles. The van der Waals surface area contributed by atoms with Gasteiger partial charge in [-0.2, -0.15) is 5.10 Å². The summed E-state index contributed by atoms with van der Waals surface area (Å²) in [6.45, 7) is 13.3. The molecule has 2 N–H and O–H groups in total. The van der Waals surface area contributed by atoms with Crippen LogP contribution in [-0.2, 0) is 17.4 Å². The molecule has 0 aliphatic heterocycles. The first-order chi connectivity index (χ1) is 10.1. The lowest BCUT2D eigenvalue weighted by molar-refractivity contribution is 0.288. The minimum absolute atomic E-state index is 0.0322. The van der Waals surface area contributed by atoms with Crippen LogP contribution in [0.1, 0.15) is 58.5 Å². The molecule has 0 radical (unpaired) electrons. The maximum Gasteiger partial charge on any atom is 0.340 e. The van der Waals surface area contributed by atoms with Gasteiger partial charge in [0.1, 0.15) is 12.4 Å². The van der Waals surface area contributed by atoms with E-state index in [9.17, 15) is 4.79 Å². The van der Waals surface area contributed by atoms with Gasteiger partial charge in [-0.25, -0.2) is 9.89 Å². The average Bonchev–Trinajstić information content (AvgIpc) is 2.80. The molecule has 1 heterocycles. The van der Waals surface area contributed by atoms with Crippen LogP contribution in [-0.4, -0.2) is 15.2 Å². The van der Waals surface area contributed by atoms with E-state index >= 15 is 0 Å². The number of rotatable bonds is 3. The van der Waals surface area contributed by atoms with Crippen molar-refractivity contribution in [2.45, 2.75) is 59.0 Å². The summed E-state index contributed by atoms with van der Waals surface area (Å²) >= 11 is 0. The second-order valence-electron chi connectivity index (χ2n) is 7.62. The molecule has 0 aliphatic rings. The molecule has 1 aromatic heterocycles. The van der Waals surface area contributed by atoms with Gasteiger partial charge in [0.15, 0.2) is 5.82 Å². The van der Waals surface area contributed by atoms with Crippen LogP contribution in [0.4, 0.5) is 0 Å². The number of nitrogens with one attached hydrogen (secondary N) is 2. The van der Waals surface area contributed by atoms with E-state index in [0.29, 0.717) is 5.82 Å². The van der Waals surface area contributed by atoms with Gasteiger partial charge in [0.25, 0.3) is 0 Å². The smallest absolute Gasteiger partial charge is 0.340 e. The van der Waals surface area contributed by atoms with E-state index in [1.165, 1.54) is 5.56 Å². The first-order valence-electron chi connectivity index (χ1n) is 7.49. The molecule has 0 fully saturated rings. The summed E-state index contributed by atoms with van der Waals surface area (Å²) in [7, 11) is 0. The van der Waals surface area contributed by atoms with Crippen molar-refractivity contribution < 1.29 is 4.74 Å². The van der Waals surface area contributed by atoms with Crippen LogP contribution in [0.5, 0.6) is 5.75 Å². The number of aromatic amines is 2. The highest BCUT2D eigenvalue weighted by atomic mass is 16.5. The van der Waals surface area contributed by atoms with Crippen LogP contribution in [0.15, 0.2) is 23.0 Å². The minimum Gasteiger partial charge on any atom is -0.485 e. The van der Waals surface area contributed by atoms with E-state index in [1.807, 2.05) is 6.07 Å². The van der Waals surface area contributed by atoms with E-state index in [0.717, 1.165) is 11.3 Å². The Morgan fingerprint density at radius 3 is 2.27 bits per heavy atom. The number of ether oxygens (including phenoxy) is 1. The van der Waals surface area contributed by atoms with E-state index < -0.39 is 0 Å². The second kappa shape index (κ2) is 5.63. The second-order valence-corrected chi connectivity index (χ2v) is 7.62. The van der Waals surface area contributed by atoms with Crippen LogP contribution < -0.4 is 10.4 Å². The number of H-pyrrole nitrogens is 2. The van der Waals surface area contributed by atoms with Gasteiger partial charge >= 0.3 is 5.69 Å². The summed E-state index contributed by atoms with van der Waals surface area (Å²) in [6, 6.07) is 6.31. The molecule has 22 heavy (non-hydrogen) atoms. The third-order valence-electron chi connectivity index (χ3n) is 3.57. The predicted molar refractivity (Wildman–Crippen MR) is 87.4 cm³/mol. The van der Waals surface area contributed by atoms with Crippen molar-refractivity contribution in [2.75, 3.05) is 0 Å². The number of benzene rings is 1. The zero-order valence-corrected chi connectivity index (χ0v) is 14.2. The SMILES string of the molecule is CC(C)(C)c1ccc(OCc2n[nH]c(=O)[nH]2)c(C(C)(C)C)c1. The molecule has 0 bridgehead atoms. The fourth-order valence-electron chi connectivity index (χ4n) is 2.23. The highest BCUT2D eigenvalue weighted by Gasteiger charge is 2.23. The Kier molecular flexibility index (Phi) is 4.18. The first-order valence-corrected chi connectivity index (χ1v) is 7.49. The molecule has 0 spiro atoms. The summed E-state index contributed by atoms with van der Waals surface area (Å²) < 4.78 is 5.88. The van der Waals surface area contributed by atoms with Crippen molar-refractivity contribution >= 4 is 0 Å². The summed E-state index contributed by atoms with van der Waals surface area (Å²) in [6.07, 6.45) is 0. The van der Waals surface area contributed by atoms with Gasteiger partial charge < -0.3 is 4.74 Å². The molecule has 2 aromatic rings.